The van der Waals surface area contributed by atoms with Gasteiger partial charge in [-0.15, -0.1) is 0 Å². The fourth-order valence-corrected chi connectivity index (χ4v) is 2.02. The van der Waals surface area contributed by atoms with Gasteiger partial charge in [0.05, 0.1) is 7.11 Å². The summed E-state index contributed by atoms with van der Waals surface area (Å²) in [4.78, 5) is 23.8. The largest absolute Gasteiger partial charge is 0.560 e. The van der Waals surface area contributed by atoms with Gasteiger partial charge in [0, 0.05) is 23.5 Å². The average Bonchev–Trinajstić information content (AvgIpc) is 2.87. The van der Waals surface area contributed by atoms with E-state index in [0.29, 0.717) is 6.42 Å². The predicted molar refractivity (Wildman–Crippen MR) is 79.1 cm³/mol. The van der Waals surface area contributed by atoms with E-state index in [0.717, 1.165) is 16.5 Å². The Morgan fingerprint density at radius 1 is 1.55 bits per heavy atom. The van der Waals surface area contributed by atoms with Crippen LogP contribution in [-0.2, 0) is 20.7 Å². The molecule has 20 heavy (non-hydrogen) atoms. The van der Waals surface area contributed by atoms with Crippen LogP contribution in [0.2, 0.25) is 0 Å². The van der Waals surface area contributed by atoms with Gasteiger partial charge >= 0.3 is 8.05 Å². The Hall–Kier alpha value is -2.28. The number of rotatable bonds is 6. The molecule has 0 aliphatic rings. The zero-order chi connectivity index (χ0) is 14.4. The number of aromatic nitrogens is 1. The fraction of sp³-hybridized carbons (Fsp3) is 0.231. The van der Waals surface area contributed by atoms with Gasteiger partial charge < -0.3 is 9.64 Å². The molecule has 104 valence electrons. The summed E-state index contributed by atoms with van der Waals surface area (Å²) >= 11 is 0. The summed E-state index contributed by atoms with van der Waals surface area (Å²) in [5, 5.41) is 1.08. The Morgan fingerprint density at radius 3 is 3.10 bits per heavy atom. The average molecular weight is 273 g/mol. The standard InChI is InChI=1S/C13H16BN3O3/c1-19-17-13(18)12(16-8-20-14)6-9-7-15-11-5-3-2-4-10(9)11/h2-5,7-8,12,15H,6,14H2,1H3,(H,17,18)/t12-/m0/s1. The van der Waals surface area contributed by atoms with Crippen molar-refractivity contribution in [3.63, 3.8) is 0 Å². The number of H-pyrrole nitrogens is 1. The minimum absolute atomic E-state index is 0.314. The summed E-state index contributed by atoms with van der Waals surface area (Å²) < 4.78 is 4.79. The van der Waals surface area contributed by atoms with E-state index < -0.39 is 6.04 Å². The molecule has 0 fully saturated rings. The highest BCUT2D eigenvalue weighted by Crippen LogP contribution is 2.19. The highest BCUT2D eigenvalue weighted by Gasteiger charge is 2.19. The van der Waals surface area contributed by atoms with Crippen molar-refractivity contribution in [1.82, 2.24) is 10.5 Å². The first-order valence-corrected chi connectivity index (χ1v) is 6.18. The molecular formula is C13H16BN3O3. The SMILES string of the molecule is BOC=N[C@@H](Cc1c[nH]c2ccccc12)C(=O)NOC. The third kappa shape index (κ3) is 3.18. The lowest BCUT2D eigenvalue weighted by Gasteiger charge is -2.11. The molecule has 1 aromatic carbocycles. The van der Waals surface area contributed by atoms with Crippen LogP contribution in [0.3, 0.4) is 0 Å². The van der Waals surface area contributed by atoms with Crippen molar-refractivity contribution in [2.45, 2.75) is 12.5 Å². The van der Waals surface area contributed by atoms with Gasteiger partial charge in [0.25, 0.3) is 5.91 Å². The maximum absolute atomic E-state index is 11.9. The molecule has 0 unspecified atom stereocenters. The van der Waals surface area contributed by atoms with Crippen LogP contribution >= 0.6 is 0 Å². The number of hydroxylamine groups is 1. The minimum Gasteiger partial charge on any atom is -0.560 e. The second kappa shape index (κ2) is 6.77. The second-order valence-corrected chi connectivity index (χ2v) is 4.24. The fourth-order valence-electron chi connectivity index (χ4n) is 2.02. The number of carbonyl (C=O) groups is 1. The molecule has 2 aromatic rings. The second-order valence-electron chi connectivity index (χ2n) is 4.24. The van der Waals surface area contributed by atoms with Crippen LogP contribution < -0.4 is 5.48 Å². The molecular weight excluding hydrogens is 257 g/mol. The van der Waals surface area contributed by atoms with E-state index in [4.69, 9.17) is 4.65 Å². The molecule has 0 saturated heterocycles. The third-order valence-electron chi connectivity index (χ3n) is 2.94. The number of amides is 1. The van der Waals surface area contributed by atoms with Crippen LogP contribution in [0.4, 0.5) is 0 Å². The van der Waals surface area contributed by atoms with Gasteiger partial charge in [-0.2, -0.15) is 0 Å². The summed E-state index contributed by atoms with van der Waals surface area (Å²) in [5.41, 5.74) is 4.35. The van der Waals surface area contributed by atoms with E-state index in [-0.39, 0.29) is 5.91 Å². The highest BCUT2D eigenvalue weighted by atomic mass is 16.6. The van der Waals surface area contributed by atoms with E-state index in [1.807, 2.05) is 30.5 Å². The number of hydrogen-bond acceptors (Lipinski definition) is 4. The summed E-state index contributed by atoms with van der Waals surface area (Å²) in [5.74, 6) is -0.314. The Kier molecular flexibility index (Phi) is 4.78. The van der Waals surface area contributed by atoms with E-state index in [1.54, 1.807) is 0 Å². The zero-order valence-corrected chi connectivity index (χ0v) is 11.4. The van der Waals surface area contributed by atoms with E-state index >= 15 is 0 Å². The van der Waals surface area contributed by atoms with Crippen molar-refractivity contribution in [3.05, 3.63) is 36.0 Å². The monoisotopic (exact) mass is 273 g/mol. The van der Waals surface area contributed by atoms with Gasteiger partial charge in [0.15, 0.2) is 6.40 Å². The van der Waals surface area contributed by atoms with Crippen LogP contribution in [0.1, 0.15) is 5.56 Å². The van der Waals surface area contributed by atoms with Gasteiger partial charge in [-0.1, -0.05) is 18.2 Å². The molecule has 2 rings (SSSR count). The van der Waals surface area contributed by atoms with Crippen LogP contribution in [0.15, 0.2) is 35.5 Å². The Labute approximate surface area is 117 Å². The summed E-state index contributed by atoms with van der Waals surface area (Å²) in [6.45, 7) is 0. The Bertz CT molecular complexity index is 612. The molecule has 1 heterocycles. The number of nitrogens with one attached hydrogen (secondary N) is 2. The zero-order valence-electron chi connectivity index (χ0n) is 11.4. The third-order valence-corrected chi connectivity index (χ3v) is 2.94. The maximum Gasteiger partial charge on any atom is 0.323 e. The molecule has 1 atom stereocenters. The van der Waals surface area contributed by atoms with Crippen molar-refractivity contribution in [2.75, 3.05) is 7.11 Å². The van der Waals surface area contributed by atoms with Crippen LogP contribution in [0, 0.1) is 0 Å². The number of aromatic amines is 1. The molecule has 0 bridgehead atoms. The number of para-hydroxylation sites is 1. The first kappa shape index (κ1) is 14.1. The predicted octanol–water partition coefficient (Wildman–Crippen LogP) is 0.350. The molecule has 7 heteroatoms. The lowest BCUT2D eigenvalue weighted by molar-refractivity contribution is -0.132. The summed E-state index contributed by atoms with van der Waals surface area (Å²) in [6.07, 6.45) is 3.61. The number of aliphatic imine (C=N–C) groups is 1. The molecule has 1 amide bonds. The highest BCUT2D eigenvalue weighted by molar-refractivity contribution is 6.02. The van der Waals surface area contributed by atoms with Gasteiger partial charge in [-0.05, 0) is 11.6 Å². The van der Waals surface area contributed by atoms with E-state index in [9.17, 15) is 4.79 Å². The van der Waals surface area contributed by atoms with Gasteiger partial charge in [-0.25, -0.2) is 10.5 Å². The lowest BCUT2D eigenvalue weighted by atomic mass is 10.1. The molecule has 0 saturated carbocycles. The smallest absolute Gasteiger partial charge is 0.323 e. The number of fused-ring (bicyclic) bond motifs is 1. The molecule has 0 aliphatic heterocycles. The van der Waals surface area contributed by atoms with E-state index in [1.165, 1.54) is 21.6 Å². The summed E-state index contributed by atoms with van der Waals surface area (Å²) in [7, 11) is 2.88. The number of benzene rings is 1. The van der Waals surface area contributed by atoms with Crippen molar-refractivity contribution in [3.8, 4) is 0 Å². The van der Waals surface area contributed by atoms with Gasteiger partial charge in [0.2, 0.25) is 0 Å². The normalized spacial score (nSPS) is 12.7. The Morgan fingerprint density at radius 2 is 2.35 bits per heavy atom. The van der Waals surface area contributed by atoms with Crippen LogP contribution in [0.5, 0.6) is 0 Å². The molecule has 2 N–H and O–H groups in total. The topological polar surface area (TPSA) is 75.7 Å². The molecule has 0 spiro atoms. The molecule has 0 aliphatic carbocycles. The van der Waals surface area contributed by atoms with E-state index in [2.05, 4.69) is 20.3 Å². The van der Waals surface area contributed by atoms with Crippen LogP contribution in [-0.4, -0.2) is 38.5 Å². The van der Waals surface area contributed by atoms with Crippen molar-refractivity contribution >= 4 is 31.3 Å². The van der Waals surface area contributed by atoms with Crippen molar-refractivity contribution in [1.29, 1.82) is 0 Å². The first-order chi connectivity index (χ1) is 9.76. The number of nitrogens with zero attached hydrogens (tertiary/aromatic N) is 1. The van der Waals surface area contributed by atoms with Crippen LogP contribution in [0.25, 0.3) is 10.9 Å². The molecule has 1 aromatic heterocycles. The first-order valence-electron chi connectivity index (χ1n) is 6.18. The quantitative estimate of drug-likeness (QED) is 0.345. The van der Waals surface area contributed by atoms with Gasteiger partial charge in [0.1, 0.15) is 6.04 Å². The van der Waals surface area contributed by atoms with Crippen molar-refractivity contribution < 1.29 is 14.3 Å². The minimum atomic E-state index is -0.603. The number of hydrogen-bond donors (Lipinski definition) is 2. The number of carbonyl (C=O) groups excluding carboxylic acids is 1. The lowest BCUT2D eigenvalue weighted by Crippen LogP contribution is -2.34. The molecule has 0 radical (unpaired) electrons. The molecule has 6 nitrogen and oxygen atoms in total. The summed E-state index contributed by atoms with van der Waals surface area (Å²) in [6, 6.07) is 7.31. The van der Waals surface area contributed by atoms with Crippen molar-refractivity contribution in [2.24, 2.45) is 4.99 Å². The van der Waals surface area contributed by atoms with Gasteiger partial charge in [-0.3, -0.25) is 9.63 Å². The maximum atomic E-state index is 11.9. The Balaban J connectivity index is 2.22.